The zero-order valence-corrected chi connectivity index (χ0v) is 14.3. The topological polar surface area (TPSA) is 48.1 Å². The van der Waals surface area contributed by atoms with Crippen molar-refractivity contribution >= 4 is 17.5 Å². The van der Waals surface area contributed by atoms with Gasteiger partial charge in [-0.15, -0.1) is 0 Å². The van der Waals surface area contributed by atoms with E-state index in [1.54, 1.807) is 24.4 Å². The highest BCUT2D eigenvalue weighted by Crippen LogP contribution is 2.21. The molecule has 24 heavy (non-hydrogen) atoms. The molecule has 1 unspecified atom stereocenters. The Morgan fingerprint density at radius 2 is 2.08 bits per heavy atom. The summed E-state index contributed by atoms with van der Waals surface area (Å²) < 4.78 is 13.8. The van der Waals surface area contributed by atoms with Crippen molar-refractivity contribution in [3.05, 3.63) is 58.6 Å². The summed E-state index contributed by atoms with van der Waals surface area (Å²) in [7, 11) is 0. The zero-order chi connectivity index (χ0) is 17.1. The second-order valence-corrected chi connectivity index (χ2v) is 6.64. The highest BCUT2D eigenvalue weighted by Gasteiger charge is 2.25. The normalized spacial score (nSPS) is 17.0. The van der Waals surface area contributed by atoms with Crippen molar-refractivity contribution in [2.75, 3.05) is 13.1 Å². The molecule has 0 saturated carbocycles. The fourth-order valence-corrected chi connectivity index (χ4v) is 3.34. The number of hydrogen-bond acceptors (Lipinski definition) is 2. The van der Waals surface area contributed by atoms with Gasteiger partial charge in [-0.05, 0) is 31.9 Å². The predicted octanol–water partition coefficient (Wildman–Crippen LogP) is 3.76. The molecule has 4 nitrogen and oxygen atoms in total. The van der Waals surface area contributed by atoms with E-state index in [0.29, 0.717) is 29.4 Å². The Bertz CT molecular complexity index is 710. The summed E-state index contributed by atoms with van der Waals surface area (Å²) >= 11 is 5.85. The number of benzene rings is 1. The molecule has 0 radical (unpaired) electrons. The third-order valence-electron chi connectivity index (χ3n) is 4.52. The Kier molecular flexibility index (Phi) is 5.21. The van der Waals surface area contributed by atoms with Gasteiger partial charge in [-0.1, -0.05) is 29.8 Å². The van der Waals surface area contributed by atoms with E-state index < -0.39 is 0 Å². The highest BCUT2D eigenvalue weighted by molar-refractivity contribution is 6.30. The first-order valence-corrected chi connectivity index (χ1v) is 8.56. The number of nitrogens with zero attached hydrogens (tertiary/aromatic N) is 1. The lowest BCUT2D eigenvalue weighted by molar-refractivity contribution is 0.0697. The quantitative estimate of drug-likeness (QED) is 0.882. The van der Waals surface area contributed by atoms with Crippen molar-refractivity contribution in [1.82, 2.24) is 15.2 Å². The van der Waals surface area contributed by atoms with Crippen LogP contribution in [-0.2, 0) is 0 Å². The first kappa shape index (κ1) is 17.0. The van der Waals surface area contributed by atoms with Gasteiger partial charge in [0.1, 0.15) is 11.5 Å². The van der Waals surface area contributed by atoms with E-state index in [2.05, 4.69) is 10.3 Å². The van der Waals surface area contributed by atoms with Crippen LogP contribution in [0, 0.1) is 5.82 Å². The monoisotopic (exact) mass is 349 g/mol. The number of likely N-dealkylation sites (tertiary alicyclic amines) is 1. The van der Waals surface area contributed by atoms with E-state index in [1.165, 1.54) is 6.07 Å². The average molecular weight is 350 g/mol. The predicted molar refractivity (Wildman–Crippen MR) is 92.7 cm³/mol. The Morgan fingerprint density at radius 1 is 1.38 bits per heavy atom. The molecule has 1 atom stereocenters. The standard InChI is InChI=1S/C18H21ClFN3O/c1-12(15-4-2-3-5-16(15)20)22-14-6-8-23(9-7-14)18(24)17-10-13(19)11-21-17/h2-5,10-12,14,21-22H,6-9H2,1H3. The second kappa shape index (κ2) is 7.36. The molecule has 3 rings (SSSR count). The number of hydrogen-bond donors (Lipinski definition) is 2. The number of piperidine rings is 1. The minimum atomic E-state index is -0.186. The molecule has 128 valence electrons. The van der Waals surface area contributed by atoms with Gasteiger partial charge in [0.15, 0.2) is 0 Å². The van der Waals surface area contributed by atoms with Gasteiger partial charge in [0.2, 0.25) is 0 Å². The minimum Gasteiger partial charge on any atom is -0.356 e. The van der Waals surface area contributed by atoms with E-state index in [9.17, 15) is 9.18 Å². The van der Waals surface area contributed by atoms with Gasteiger partial charge < -0.3 is 15.2 Å². The number of carbonyl (C=O) groups excluding carboxylic acids is 1. The molecule has 0 aliphatic carbocycles. The number of halogens is 2. The minimum absolute atomic E-state index is 0.0255. The van der Waals surface area contributed by atoms with Crippen molar-refractivity contribution in [2.24, 2.45) is 0 Å². The number of carbonyl (C=O) groups is 1. The van der Waals surface area contributed by atoms with E-state index in [4.69, 9.17) is 11.6 Å². The summed E-state index contributed by atoms with van der Waals surface area (Å²) in [6.07, 6.45) is 3.30. The molecule has 2 aromatic rings. The average Bonchev–Trinajstić information content (AvgIpc) is 3.02. The number of H-pyrrole nitrogens is 1. The van der Waals surface area contributed by atoms with Crippen LogP contribution in [0.3, 0.4) is 0 Å². The Morgan fingerprint density at radius 3 is 2.71 bits per heavy atom. The van der Waals surface area contributed by atoms with Gasteiger partial charge in [-0.2, -0.15) is 0 Å². The maximum atomic E-state index is 13.8. The molecular weight excluding hydrogens is 329 g/mol. The first-order chi connectivity index (χ1) is 11.5. The number of aromatic amines is 1. The highest BCUT2D eigenvalue weighted by atomic mass is 35.5. The summed E-state index contributed by atoms with van der Waals surface area (Å²) in [6, 6.07) is 8.70. The van der Waals surface area contributed by atoms with Crippen LogP contribution in [0.25, 0.3) is 0 Å². The van der Waals surface area contributed by atoms with Gasteiger partial charge in [0.25, 0.3) is 5.91 Å². The van der Waals surface area contributed by atoms with E-state index in [0.717, 1.165) is 12.8 Å². The van der Waals surface area contributed by atoms with E-state index in [1.807, 2.05) is 17.9 Å². The maximum absolute atomic E-state index is 13.8. The zero-order valence-electron chi connectivity index (χ0n) is 13.6. The molecule has 1 aromatic carbocycles. The van der Waals surface area contributed by atoms with Crippen LogP contribution in [-0.4, -0.2) is 34.9 Å². The van der Waals surface area contributed by atoms with Crippen molar-refractivity contribution in [3.8, 4) is 0 Å². The van der Waals surface area contributed by atoms with Crippen LogP contribution >= 0.6 is 11.6 Å². The molecule has 2 heterocycles. The van der Waals surface area contributed by atoms with Gasteiger partial charge in [0.05, 0.1) is 5.02 Å². The molecule has 0 spiro atoms. The van der Waals surface area contributed by atoms with Crippen LogP contribution in [0.1, 0.15) is 41.9 Å². The molecule has 1 saturated heterocycles. The van der Waals surface area contributed by atoms with Crippen LogP contribution in [0.2, 0.25) is 5.02 Å². The molecule has 1 aromatic heterocycles. The molecule has 1 fully saturated rings. The Hall–Kier alpha value is -1.85. The maximum Gasteiger partial charge on any atom is 0.270 e. The summed E-state index contributed by atoms with van der Waals surface area (Å²) in [5.41, 5.74) is 1.20. The number of amides is 1. The van der Waals surface area contributed by atoms with Gasteiger partial charge in [-0.3, -0.25) is 4.79 Å². The van der Waals surface area contributed by atoms with Crippen LogP contribution in [0.5, 0.6) is 0 Å². The van der Waals surface area contributed by atoms with Gasteiger partial charge >= 0.3 is 0 Å². The fraction of sp³-hybridized carbons (Fsp3) is 0.389. The molecule has 0 bridgehead atoms. The number of nitrogens with one attached hydrogen (secondary N) is 2. The van der Waals surface area contributed by atoms with Crippen molar-refractivity contribution in [2.45, 2.75) is 31.8 Å². The Balaban J connectivity index is 1.54. The van der Waals surface area contributed by atoms with Crippen molar-refractivity contribution in [1.29, 1.82) is 0 Å². The molecule has 1 aliphatic heterocycles. The molecule has 1 amide bonds. The molecule has 1 aliphatic rings. The van der Waals surface area contributed by atoms with E-state index >= 15 is 0 Å². The number of rotatable bonds is 4. The lowest BCUT2D eigenvalue weighted by Gasteiger charge is -2.34. The second-order valence-electron chi connectivity index (χ2n) is 6.21. The van der Waals surface area contributed by atoms with Crippen LogP contribution in [0.4, 0.5) is 4.39 Å². The van der Waals surface area contributed by atoms with Crippen LogP contribution in [0.15, 0.2) is 36.5 Å². The molecular formula is C18H21ClFN3O. The summed E-state index contributed by atoms with van der Waals surface area (Å²) in [5.74, 6) is -0.212. The lowest BCUT2D eigenvalue weighted by atomic mass is 10.0. The van der Waals surface area contributed by atoms with E-state index in [-0.39, 0.29) is 23.8 Å². The lowest BCUT2D eigenvalue weighted by Crippen LogP contribution is -2.45. The Labute approximate surface area is 146 Å². The SMILES string of the molecule is CC(NC1CCN(C(=O)c2cc(Cl)c[nH]2)CC1)c1ccccc1F. The largest absolute Gasteiger partial charge is 0.356 e. The summed E-state index contributed by atoms with van der Waals surface area (Å²) in [5, 5.41) is 4.01. The number of aromatic nitrogens is 1. The van der Waals surface area contributed by atoms with Gasteiger partial charge in [-0.25, -0.2) is 4.39 Å². The summed E-state index contributed by atoms with van der Waals surface area (Å²) in [4.78, 5) is 17.1. The smallest absolute Gasteiger partial charge is 0.270 e. The van der Waals surface area contributed by atoms with Crippen LogP contribution < -0.4 is 5.32 Å². The van der Waals surface area contributed by atoms with Gasteiger partial charge in [0, 0.05) is 36.9 Å². The summed E-state index contributed by atoms with van der Waals surface area (Å²) in [6.45, 7) is 3.32. The fourth-order valence-electron chi connectivity index (χ4n) is 3.18. The third kappa shape index (κ3) is 3.79. The first-order valence-electron chi connectivity index (χ1n) is 8.18. The van der Waals surface area contributed by atoms with Crippen molar-refractivity contribution in [3.63, 3.8) is 0 Å². The molecule has 2 N–H and O–H groups in total. The third-order valence-corrected chi connectivity index (χ3v) is 4.74. The molecule has 6 heteroatoms. The van der Waals surface area contributed by atoms with Crippen molar-refractivity contribution < 1.29 is 9.18 Å².